The van der Waals surface area contributed by atoms with E-state index in [2.05, 4.69) is 17.4 Å². The van der Waals surface area contributed by atoms with Gasteiger partial charge in [-0.2, -0.15) is 13.2 Å². The third-order valence-corrected chi connectivity index (χ3v) is 5.32. The van der Waals surface area contributed by atoms with E-state index in [0.29, 0.717) is 5.92 Å². The number of methoxy groups -OCH3 is 1. The van der Waals surface area contributed by atoms with Crippen LogP contribution in [0.25, 0.3) is 0 Å². The number of hydrogen-bond acceptors (Lipinski definition) is 5. The topological polar surface area (TPSA) is 88.1 Å². The summed E-state index contributed by atoms with van der Waals surface area (Å²) in [6.45, 7) is 3.91. The number of ether oxygens (including phenoxy) is 2. The van der Waals surface area contributed by atoms with Gasteiger partial charge in [0.05, 0.1) is 13.2 Å². The van der Waals surface area contributed by atoms with Crippen LogP contribution in [-0.2, 0) is 20.7 Å². The number of amides is 1. The Morgan fingerprint density at radius 2 is 1.81 bits per heavy atom. The van der Waals surface area contributed by atoms with Crippen molar-refractivity contribution in [3.05, 3.63) is 29.8 Å². The molecule has 10 heteroatoms. The molecule has 2 fully saturated rings. The molecule has 1 aromatic carbocycles. The summed E-state index contributed by atoms with van der Waals surface area (Å²) in [5, 5.41) is 10.6. The second-order valence-electron chi connectivity index (χ2n) is 7.55. The van der Waals surface area contributed by atoms with Crippen LogP contribution >= 0.6 is 0 Å². The molecular formula is C21H29F3N2O5. The van der Waals surface area contributed by atoms with Crippen molar-refractivity contribution >= 4 is 11.9 Å². The SMILES string of the molecule is COc1ccc(C[C@H]2CNCC[C@H]2OCC(=O)N2CCCC2)cc1.O=C(O)C(F)(F)F. The minimum Gasteiger partial charge on any atom is -0.497 e. The lowest BCUT2D eigenvalue weighted by molar-refractivity contribution is -0.192. The molecule has 0 unspecified atom stereocenters. The minimum atomic E-state index is -5.08. The first kappa shape index (κ1) is 24.9. The smallest absolute Gasteiger partial charge is 0.490 e. The summed E-state index contributed by atoms with van der Waals surface area (Å²) >= 11 is 0. The average molecular weight is 446 g/mol. The van der Waals surface area contributed by atoms with Crippen LogP contribution < -0.4 is 10.1 Å². The third kappa shape index (κ3) is 8.37. The van der Waals surface area contributed by atoms with Crippen molar-refractivity contribution in [2.75, 3.05) is 39.9 Å². The number of nitrogens with zero attached hydrogens (tertiary/aromatic N) is 1. The Hall–Kier alpha value is -2.33. The van der Waals surface area contributed by atoms with Crippen LogP contribution in [0.5, 0.6) is 5.75 Å². The van der Waals surface area contributed by atoms with E-state index in [1.165, 1.54) is 5.56 Å². The van der Waals surface area contributed by atoms with Gasteiger partial charge in [-0.05, 0) is 49.9 Å². The summed E-state index contributed by atoms with van der Waals surface area (Å²) in [7, 11) is 1.68. The molecule has 3 rings (SSSR count). The van der Waals surface area contributed by atoms with E-state index in [0.717, 1.165) is 57.6 Å². The normalized spacial score (nSPS) is 21.2. The molecule has 1 amide bonds. The number of carbonyl (C=O) groups is 2. The summed E-state index contributed by atoms with van der Waals surface area (Å²) in [4.78, 5) is 23.0. The van der Waals surface area contributed by atoms with Gasteiger partial charge >= 0.3 is 12.1 Å². The highest BCUT2D eigenvalue weighted by atomic mass is 19.4. The number of carboxylic acid groups (broad SMARTS) is 1. The van der Waals surface area contributed by atoms with E-state index in [1.54, 1.807) is 7.11 Å². The maximum Gasteiger partial charge on any atom is 0.490 e. The zero-order valence-electron chi connectivity index (χ0n) is 17.5. The van der Waals surface area contributed by atoms with Gasteiger partial charge in [0.2, 0.25) is 5.91 Å². The number of carboxylic acids is 1. The maximum atomic E-state index is 12.2. The molecule has 0 bridgehead atoms. The number of carbonyl (C=O) groups excluding carboxylic acids is 1. The lowest BCUT2D eigenvalue weighted by Crippen LogP contribution is -2.44. The van der Waals surface area contributed by atoms with Crippen molar-refractivity contribution in [3.63, 3.8) is 0 Å². The highest BCUT2D eigenvalue weighted by Gasteiger charge is 2.38. The first-order valence-electron chi connectivity index (χ1n) is 10.2. The van der Waals surface area contributed by atoms with Gasteiger partial charge in [-0.3, -0.25) is 4.79 Å². The lowest BCUT2D eigenvalue weighted by atomic mass is 9.89. The number of aliphatic carboxylic acids is 1. The largest absolute Gasteiger partial charge is 0.497 e. The number of benzene rings is 1. The predicted octanol–water partition coefficient (Wildman–Crippen LogP) is 2.49. The number of nitrogens with one attached hydrogen (secondary N) is 1. The molecule has 2 aliphatic rings. The van der Waals surface area contributed by atoms with Crippen molar-refractivity contribution in [2.45, 2.75) is 38.0 Å². The van der Waals surface area contributed by atoms with Crippen molar-refractivity contribution < 1.29 is 37.3 Å². The molecule has 0 radical (unpaired) electrons. The molecular weight excluding hydrogens is 417 g/mol. The minimum absolute atomic E-state index is 0.147. The molecule has 2 atom stereocenters. The Labute approximate surface area is 179 Å². The van der Waals surface area contributed by atoms with Gasteiger partial charge in [0.1, 0.15) is 12.4 Å². The monoisotopic (exact) mass is 446 g/mol. The molecule has 0 saturated carbocycles. The van der Waals surface area contributed by atoms with Crippen LogP contribution in [0.15, 0.2) is 24.3 Å². The molecule has 0 aromatic heterocycles. The van der Waals surface area contributed by atoms with Gasteiger partial charge in [-0.1, -0.05) is 12.1 Å². The Morgan fingerprint density at radius 3 is 2.35 bits per heavy atom. The highest BCUT2D eigenvalue weighted by molar-refractivity contribution is 5.77. The zero-order chi connectivity index (χ0) is 22.9. The van der Waals surface area contributed by atoms with Crippen molar-refractivity contribution in [3.8, 4) is 5.75 Å². The number of piperidine rings is 1. The fraction of sp³-hybridized carbons (Fsp3) is 0.619. The van der Waals surface area contributed by atoms with E-state index >= 15 is 0 Å². The van der Waals surface area contributed by atoms with Crippen LogP contribution in [0, 0.1) is 5.92 Å². The van der Waals surface area contributed by atoms with Crippen molar-refractivity contribution in [2.24, 2.45) is 5.92 Å². The molecule has 1 aromatic rings. The second-order valence-corrected chi connectivity index (χ2v) is 7.55. The Bertz CT molecular complexity index is 706. The van der Waals surface area contributed by atoms with Crippen LogP contribution in [-0.4, -0.2) is 74.1 Å². The number of likely N-dealkylation sites (tertiary alicyclic amines) is 1. The van der Waals surface area contributed by atoms with E-state index in [1.807, 2.05) is 17.0 Å². The molecule has 7 nitrogen and oxygen atoms in total. The van der Waals surface area contributed by atoms with E-state index in [4.69, 9.17) is 19.4 Å². The molecule has 174 valence electrons. The maximum absolute atomic E-state index is 12.2. The zero-order valence-corrected chi connectivity index (χ0v) is 17.5. The molecule has 2 N–H and O–H groups in total. The van der Waals surface area contributed by atoms with Gasteiger partial charge in [0.15, 0.2) is 0 Å². The number of rotatable bonds is 6. The fourth-order valence-corrected chi connectivity index (χ4v) is 3.62. The standard InChI is InChI=1S/C19H28N2O3.C2HF3O2/c1-23-17-6-4-15(5-7-17)12-16-13-20-9-8-18(16)24-14-19(22)21-10-2-3-11-21;3-2(4,5)1(6)7/h4-7,16,18,20H,2-3,8-14H2,1H3;(H,6,7)/t16-,18+;/m0./s1. The molecule has 2 heterocycles. The van der Waals surface area contributed by atoms with Gasteiger partial charge in [0, 0.05) is 25.6 Å². The van der Waals surface area contributed by atoms with Crippen LogP contribution in [0.2, 0.25) is 0 Å². The van der Waals surface area contributed by atoms with Crippen molar-refractivity contribution in [1.29, 1.82) is 0 Å². The van der Waals surface area contributed by atoms with E-state index in [-0.39, 0.29) is 18.6 Å². The van der Waals surface area contributed by atoms with Gasteiger partial charge in [-0.25, -0.2) is 4.79 Å². The van der Waals surface area contributed by atoms with E-state index < -0.39 is 12.1 Å². The number of halogens is 3. The van der Waals surface area contributed by atoms with Crippen LogP contribution in [0.4, 0.5) is 13.2 Å². The molecule has 0 aliphatic carbocycles. The van der Waals surface area contributed by atoms with Crippen LogP contribution in [0.3, 0.4) is 0 Å². The Kier molecular flexibility index (Phi) is 9.57. The fourth-order valence-electron chi connectivity index (χ4n) is 3.62. The Morgan fingerprint density at radius 1 is 1.19 bits per heavy atom. The molecule has 0 spiro atoms. The molecule has 2 saturated heterocycles. The Balaban J connectivity index is 0.000000423. The lowest BCUT2D eigenvalue weighted by Gasteiger charge is -2.32. The van der Waals surface area contributed by atoms with E-state index in [9.17, 15) is 18.0 Å². The number of alkyl halides is 3. The quantitative estimate of drug-likeness (QED) is 0.698. The van der Waals surface area contributed by atoms with Gasteiger partial charge in [0.25, 0.3) is 0 Å². The number of hydrogen-bond donors (Lipinski definition) is 2. The average Bonchev–Trinajstić information content (AvgIpc) is 3.28. The van der Waals surface area contributed by atoms with Crippen LogP contribution in [0.1, 0.15) is 24.8 Å². The summed E-state index contributed by atoms with van der Waals surface area (Å²) < 4.78 is 43.0. The highest BCUT2D eigenvalue weighted by Crippen LogP contribution is 2.22. The second kappa shape index (κ2) is 11.9. The summed E-state index contributed by atoms with van der Waals surface area (Å²) in [5.41, 5.74) is 1.28. The third-order valence-electron chi connectivity index (χ3n) is 5.32. The summed E-state index contributed by atoms with van der Waals surface area (Å²) in [5.74, 6) is -1.33. The first-order chi connectivity index (χ1) is 14.7. The predicted molar refractivity (Wildman–Crippen MR) is 107 cm³/mol. The summed E-state index contributed by atoms with van der Waals surface area (Å²) in [6.07, 6.45) is -0.758. The summed E-state index contributed by atoms with van der Waals surface area (Å²) in [6, 6.07) is 8.22. The van der Waals surface area contributed by atoms with Gasteiger partial charge < -0.3 is 24.8 Å². The van der Waals surface area contributed by atoms with Crippen molar-refractivity contribution in [1.82, 2.24) is 10.2 Å². The first-order valence-corrected chi connectivity index (χ1v) is 10.2. The molecule has 31 heavy (non-hydrogen) atoms. The molecule has 2 aliphatic heterocycles. The van der Waals surface area contributed by atoms with Gasteiger partial charge in [-0.15, -0.1) is 0 Å².